The number of nitrogens with one attached hydrogen (secondary N) is 2. The maximum absolute atomic E-state index is 5.90. The van der Waals surface area contributed by atoms with Gasteiger partial charge in [0.05, 0.1) is 19.3 Å². The molecule has 122 valence electrons. The van der Waals surface area contributed by atoms with Crippen molar-refractivity contribution in [1.29, 1.82) is 0 Å². The van der Waals surface area contributed by atoms with Crippen molar-refractivity contribution < 1.29 is 4.74 Å². The number of rotatable bonds is 6. The van der Waals surface area contributed by atoms with Crippen molar-refractivity contribution in [1.82, 2.24) is 15.5 Å². The standard InChI is InChI=1S/C16H24ClN3OS/c1-13(14-3-5-15(17)6-4-14)19-16(22)18-7-2-8-20-9-11-21-12-10-20/h3-6,13H,2,7-12H2,1H3,(H2,18,19,22)/t13-/m1/s1. The maximum Gasteiger partial charge on any atom is 0.166 e. The van der Waals surface area contributed by atoms with Crippen LogP contribution in [-0.2, 0) is 4.74 Å². The monoisotopic (exact) mass is 341 g/mol. The van der Waals surface area contributed by atoms with Gasteiger partial charge in [-0.25, -0.2) is 0 Å². The molecule has 1 fully saturated rings. The van der Waals surface area contributed by atoms with Crippen LogP contribution in [0.2, 0.25) is 5.02 Å². The normalized spacial score (nSPS) is 17.0. The first kappa shape index (κ1) is 17.5. The van der Waals surface area contributed by atoms with Crippen LogP contribution in [0.5, 0.6) is 0 Å². The van der Waals surface area contributed by atoms with Crippen molar-refractivity contribution >= 4 is 28.9 Å². The van der Waals surface area contributed by atoms with Crippen LogP contribution in [0.3, 0.4) is 0 Å². The third-order valence-corrected chi connectivity index (χ3v) is 4.27. The van der Waals surface area contributed by atoms with Crippen LogP contribution in [-0.4, -0.2) is 49.4 Å². The summed E-state index contributed by atoms with van der Waals surface area (Å²) in [6, 6.07) is 7.99. The molecule has 2 N–H and O–H groups in total. The molecule has 1 aliphatic heterocycles. The predicted molar refractivity (Wildman–Crippen MR) is 95.5 cm³/mol. The van der Waals surface area contributed by atoms with E-state index in [0.717, 1.165) is 50.8 Å². The number of benzene rings is 1. The summed E-state index contributed by atoms with van der Waals surface area (Å²) in [4.78, 5) is 2.43. The van der Waals surface area contributed by atoms with Crippen LogP contribution in [0, 0.1) is 0 Å². The fourth-order valence-corrected chi connectivity index (χ4v) is 2.82. The molecular weight excluding hydrogens is 318 g/mol. The molecule has 6 heteroatoms. The molecule has 0 spiro atoms. The third-order valence-electron chi connectivity index (χ3n) is 3.76. The molecule has 2 rings (SSSR count). The Hall–Kier alpha value is -0.880. The second-order valence-electron chi connectivity index (χ2n) is 5.48. The first-order valence-corrected chi connectivity index (χ1v) is 8.53. The van der Waals surface area contributed by atoms with Gasteiger partial charge in [0.1, 0.15) is 0 Å². The first-order valence-electron chi connectivity index (χ1n) is 7.75. The lowest BCUT2D eigenvalue weighted by atomic mass is 10.1. The molecule has 0 aromatic heterocycles. The molecule has 0 amide bonds. The van der Waals surface area contributed by atoms with Crippen molar-refractivity contribution in [3.8, 4) is 0 Å². The zero-order valence-electron chi connectivity index (χ0n) is 13.0. The molecule has 0 unspecified atom stereocenters. The summed E-state index contributed by atoms with van der Waals surface area (Å²) in [6.07, 6.45) is 1.08. The van der Waals surface area contributed by atoms with Gasteiger partial charge in [-0.05, 0) is 49.8 Å². The highest BCUT2D eigenvalue weighted by molar-refractivity contribution is 7.80. The molecule has 0 radical (unpaired) electrons. The Morgan fingerprint density at radius 3 is 2.68 bits per heavy atom. The van der Waals surface area contributed by atoms with Gasteiger partial charge in [-0.15, -0.1) is 0 Å². The highest BCUT2D eigenvalue weighted by atomic mass is 35.5. The van der Waals surface area contributed by atoms with Gasteiger partial charge in [-0.3, -0.25) is 4.90 Å². The molecular formula is C16H24ClN3OS. The van der Waals surface area contributed by atoms with E-state index in [1.54, 1.807) is 0 Å². The van der Waals surface area contributed by atoms with E-state index in [0.29, 0.717) is 5.11 Å². The van der Waals surface area contributed by atoms with Crippen molar-refractivity contribution in [3.05, 3.63) is 34.9 Å². The van der Waals surface area contributed by atoms with E-state index in [2.05, 4.69) is 22.5 Å². The fraction of sp³-hybridized carbons (Fsp3) is 0.562. The van der Waals surface area contributed by atoms with E-state index in [4.69, 9.17) is 28.6 Å². The first-order chi connectivity index (χ1) is 10.6. The Bertz CT molecular complexity index is 463. The molecule has 1 heterocycles. The van der Waals surface area contributed by atoms with Gasteiger partial charge in [-0.1, -0.05) is 23.7 Å². The number of halogens is 1. The predicted octanol–water partition coefficient (Wildman–Crippen LogP) is 2.59. The Morgan fingerprint density at radius 1 is 1.32 bits per heavy atom. The Kier molecular flexibility index (Phi) is 7.39. The number of nitrogens with zero attached hydrogens (tertiary/aromatic N) is 1. The van der Waals surface area contributed by atoms with Crippen LogP contribution in [0.4, 0.5) is 0 Å². The number of hydrogen-bond donors (Lipinski definition) is 2. The van der Waals surface area contributed by atoms with Crippen LogP contribution < -0.4 is 10.6 Å². The largest absolute Gasteiger partial charge is 0.379 e. The zero-order valence-corrected chi connectivity index (χ0v) is 14.6. The zero-order chi connectivity index (χ0) is 15.8. The van der Waals surface area contributed by atoms with E-state index in [9.17, 15) is 0 Å². The van der Waals surface area contributed by atoms with Gasteiger partial charge in [0, 0.05) is 24.7 Å². The lowest BCUT2D eigenvalue weighted by Crippen LogP contribution is -2.40. The third kappa shape index (κ3) is 6.08. The molecule has 4 nitrogen and oxygen atoms in total. The molecule has 0 aliphatic carbocycles. The van der Waals surface area contributed by atoms with E-state index >= 15 is 0 Å². The SMILES string of the molecule is C[C@@H](NC(=S)NCCCN1CCOCC1)c1ccc(Cl)cc1. The second kappa shape index (κ2) is 9.30. The molecule has 0 bridgehead atoms. The summed E-state index contributed by atoms with van der Waals surface area (Å²) in [7, 11) is 0. The van der Waals surface area contributed by atoms with Gasteiger partial charge >= 0.3 is 0 Å². The molecule has 1 aromatic carbocycles. The number of hydrogen-bond acceptors (Lipinski definition) is 3. The maximum atomic E-state index is 5.90. The van der Waals surface area contributed by atoms with Gasteiger partial charge in [-0.2, -0.15) is 0 Å². The van der Waals surface area contributed by atoms with Crippen molar-refractivity contribution in [2.24, 2.45) is 0 Å². The van der Waals surface area contributed by atoms with Crippen molar-refractivity contribution in [3.63, 3.8) is 0 Å². The molecule has 1 aromatic rings. The van der Waals surface area contributed by atoms with E-state index < -0.39 is 0 Å². The highest BCUT2D eigenvalue weighted by Crippen LogP contribution is 2.15. The molecule has 22 heavy (non-hydrogen) atoms. The van der Waals surface area contributed by atoms with E-state index in [1.165, 1.54) is 5.56 Å². The summed E-state index contributed by atoms with van der Waals surface area (Å²) in [5.41, 5.74) is 1.17. The van der Waals surface area contributed by atoms with Crippen LogP contribution >= 0.6 is 23.8 Å². The Morgan fingerprint density at radius 2 is 2.00 bits per heavy atom. The van der Waals surface area contributed by atoms with Crippen molar-refractivity contribution in [2.45, 2.75) is 19.4 Å². The minimum absolute atomic E-state index is 0.163. The summed E-state index contributed by atoms with van der Waals surface area (Å²) in [6.45, 7) is 7.85. The van der Waals surface area contributed by atoms with E-state index in [-0.39, 0.29) is 6.04 Å². The number of ether oxygens (including phenoxy) is 1. The van der Waals surface area contributed by atoms with E-state index in [1.807, 2.05) is 24.3 Å². The smallest absolute Gasteiger partial charge is 0.166 e. The van der Waals surface area contributed by atoms with Crippen LogP contribution in [0.1, 0.15) is 24.9 Å². The highest BCUT2D eigenvalue weighted by Gasteiger charge is 2.10. The molecule has 1 saturated heterocycles. The van der Waals surface area contributed by atoms with Crippen LogP contribution in [0.25, 0.3) is 0 Å². The lowest BCUT2D eigenvalue weighted by Gasteiger charge is -2.26. The minimum Gasteiger partial charge on any atom is -0.379 e. The quantitative estimate of drug-likeness (QED) is 0.614. The number of morpholine rings is 1. The number of thiocarbonyl (C=S) groups is 1. The second-order valence-corrected chi connectivity index (χ2v) is 6.33. The molecule has 0 saturated carbocycles. The van der Waals surface area contributed by atoms with Crippen molar-refractivity contribution in [2.75, 3.05) is 39.4 Å². The summed E-state index contributed by atoms with van der Waals surface area (Å²) < 4.78 is 5.34. The van der Waals surface area contributed by atoms with Gasteiger partial charge in [0.2, 0.25) is 0 Å². The summed E-state index contributed by atoms with van der Waals surface area (Å²) in [5, 5.41) is 8.02. The summed E-state index contributed by atoms with van der Waals surface area (Å²) >= 11 is 11.2. The average Bonchev–Trinajstić information content (AvgIpc) is 2.53. The van der Waals surface area contributed by atoms with Gasteiger partial charge in [0.15, 0.2) is 5.11 Å². The van der Waals surface area contributed by atoms with Crippen LogP contribution in [0.15, 0.2) is 24.3 Å². The average molecular weight is 342 g/mol. The molecule has 1 atom stereocenters. The Labute approximate surface area is 143 Å². The van der Waals surface area contributed by atoms with Gasteiger partial charge in [0.25, 0.3) is 0 Å². The topological polar surface area (TPSA) is 36.5 Å². The summed E-state index contributed by atoms with van der Waals surface area (Å²) in [5.74, 6) is 0. The fourth-order valence-electron chi connectivity index (χ4n) is 2.41. The van der Waals surface area contributed by atoms with Gasteiger partial charge < -0.3 is 15.4 Å². The Balaban J connectivity index is 1.61. The minimum atomic E-state index is 0.163. The molecule has 1 aliphatic rings. The lowest BCUT2D eigenvalue weighted by molar-refractivity contribution is 0.0376.